The molecule has 2 amide bonds. The molecule has 0 unspecified atom stereocenters. The van der Waals surface area contributed by atoms with Gasteiger partial charge in [0.05, 0.1) is 6.61 Å². The summed E-state index contributed by atoms with van der Waals surface area (Å²) in [6, 6.07) is 7.38. The lowest BCUT2D eigenvalue weighted by molar-refractivity contribution is 0.240. The van der Waals surface area contributed by atoms with Crippen molar-refractivity contribution in [3.63, 3.8) is 0 Å². The molecule has 1 aromatic rings. The van der Waals surface area contributed by atoms with Crippen molar-refractivity contribution in [3.8, 4) is 0 Å². The SMILES string of the molecule is CCCCCNC(=O)NCc1ccccc1CO. The number of rotatable bonds is 7. The van der Waals surface area contributed by atoms with Crippen molar-refractivity contribution in [2.75, 3.05) is 6.54 Å². The standard InChI is InChI=1S/C14H22N2O2/c1-2-3-6-9-15-14(18)16-10-12-7-4-5-8-13(12)11-17/h4-5,7-8,17H,2-3,6,9-11H2,1H3,(H2,15,16,18). The Kier molecular flexibility index (Phi) is 6.87. The molecule has 0 saturated heterocycles. The smallest absolute Gasteiger partial charge is 0.315 e. The number of carbonyl (C=O) groups excluding carboxylic acids is 1. The Balaban J connectivity index is 2.29. The van der Waals surface area contributed by atoms with E-state index < -0.39 is 0 Å². The second-order valence-corrected chi connectivity index (χ2v) is 4.24. The summed E-state index contributed by atoms with van der Waals surface area (Å²) in [5, 5.41) is 14.8. The molecular weight excluding hydrogens is 228 g/mol. The zero-order valence-electron chi connectivity index (χ0n) is 10.9. The van der Waals surface area contributed by atoms with E-state index in [1.807, 2.05) is 24.3 Å². The Hall–Kier alpha value is -1.55. The number of aliphatic hydroxyl groups is 1. The number of carbonyl (C=O) groups is 1. The minimum atomic E-state index is -0.154. The zero-order chi connectivity index (χ0) is 13.2. The molecule has 18 heavy (non-hydrogen) atoms. The second kappa shape index (κ2) is 8.53. The molecule has 0 saturated carbocycles. The zero-order valence-corrected chi connectivity index (χ0v) is 10.9. The minimum absolute atomic E-state index is 0.00400. The first kappa shape index (κ1) is 14.5. The van der Waals surface area contributed by atoms with Crippen molar-refractivity contribution < 1.29 is 9.90 Å². The van der Waals surface area contributed by atoms with Gasteiger partial charge in [-0.3, -0.25) is 0 Å². The van der Waals surface area contributed by atoms with Crippen LogP contribution in [0, 0.1) is 0 Å². The van der Waals surface area contributed by atoms with E-state index in [0.717, 1.165) is 30.4 Å². The van der Waals surface area contributed by atoms with Crippen molar-refractivity contribution in [2.24, 2.45) is 0 Å². The molecule has 0 aromatic heterocycles. The van der Waals surface area contributed by atoms with Crippen molar-refractivity contribution in [2.45, 2.75) is 39.3 Å². The van der Waals surface area contributed by atoms with Crippen LogP contribution in [0.3, 0.4) is 0 Å². The number of benzene rings is 1. The third-order valence-corrected chi connectivity index (χ3v) is 2.79. The highest BCUT2D eigenvalue weighted by molar-refractivity contribution is 5.73. The van der Waals surface area contributed by atoms with Crippen LogP contribution in [0.25, 0.3) is 0 Å². The number of hydrogen-bond acceptors (Lipinski definition) is 2. The number of hydrogen-bond donors (Lipinski definition) is 3. The summed E-state index contributed by atoms with van der Waals surface area (Å²) in [5.41, 5.74) is 1.80. The number of amides is 2. The Labute approximate surface area is 108 Å². The van der Waals surface area contributed by atoms with Gasteiger partial charge in [-0.15, -0.1) is 0 Å². The molecule has 0 heterocycles. The fraction of sp³-hybridized carbons (Fsp3) is 0.500. The molecule has 0 aliphatic carbocycles. The number of urea groups is 1. The van der Waals surface area contributed by atoms with E-state index in [0.29, 0.717) is 13.1 Å². The third-order valence-electron chi connectivity index (χ3n) is 2.79. The summed E-state index contributed by atoms with van der Waals surface area (Å²) in [6.07, 6.45) is 3.29. The van der Waals surface area contributed by atoms with E-state index in [4.69, 9.17) is 5.11 Å². The van der Waals surface area contributed by atoms with E-state index >= 15 is 0 Å². The van der Waals surface area contributed by atoms with Gasteiger partial charge >= 0.3 is 6.03 Å². The van der Waals surface area contributed by atoms with E-state index in [9.17, 15) is 4.79 Å². The normalized spacial score (nSPS) is 10.1. The first-order valence-electron chi connectivity index (χ1n) is 6.47. The maximum Gasteiger partial charge on any atom is 0.315 e. The molecule has 1 aromatic carbocycles. The summed E-state index contributed by atoms with van der Waals surface area (Å²) in [5.74, 6) is 0. The molecule has 0 spiro atoms. The van der Waals surface area contributed by atoms with E-state index in [-0.39, 0.29) is 12.6 Å². The molecule has 0 fully saturated rings. The molecule has 0 bridgehead atoms. The molecule has 0 radical (unpaired) electrons. The largest absolute Gasteiger partial charge is 0.392 e. The van der Waals surface area contributed by atoms with Gasteiger partial charge in [-0.1, -0.05) is 44.0 Å². The monoisotopic (exact) mass is 250 g/mol. The molecule has 4 heteroatoms. The van der Waals surface area contributed by atoms with Gasteiger partial charge in [-0.2, -0.15) is 0 Å². The highest BCUT2D eigenvalue weighted by atomic mass is 16.3. The fourth-order valence-corrected chi connectivity index (χ4v) is 1.70. The van der Waals surface area contributed by atoms with Crippen LogP contribution in [0.5, 0.6) is 0 Å². The lowest BCUT2D eigenvalue weighted by Crippen LogP contribution is -2.35. The van der Waals surface area contributed by atoms with Crippen molar-refractivity contribution in [3.05, 3.63) is 35.4 Å². The van der Waals surface area contributed by atoms with Crippen LogP contribution in [-0.4, -0.2) is 17.7 Å². The number of nitrogens with one attached hydrogen (secondary N) is 2. The van der Waals surface area contributed by atoms with E-state index in [1.165, 1.54) is 0 Å². The third kappa shape index (κ3) is 5.19. The van der Waals surface area contributed by atoms with Crippen LogP contribution < -0.4 is 10.6 Å². The van der Waals surface area contributed by atoms with Crippen LogP contribution in [0.15, 0.2) is 24.3 Å². The fourth-order valence-electron chi connectivity index (χ4n) is 1.70. The predicted octanol–water partition coefficient (Wildman–Crippen LogP) is 2.17. The van der Waals surface area contributed by atoms with Crippen molar-refractivity contribution in [1.29, 1.82) is 0 Å². The molecular formula is C14H22N2O2. The first-order valence-corrected chi connectivity index (χ1v) is 6.47. The van der Waals surface area contributed by atoms with Gasteiger partial charge < -0.3 is 15.7 Å². The van der Waals surface area contributed by atoms with Crippen LogP contribution >= 0.6 is 0 Å². The quantitative estimate of drug-likeness (QED) is 0.649. The average Bonchev–Trinajstić information content (AvgIpc) is 2.41. The average molecular weight is 250 g/mol. The van der Waals surface area contributed by atoms with E-state index in [2.05, 4.69) is 17.6 Å². The highest BCUT2D eigenvalue weighted by Gasteiger charge is 2.03. The maximum atomic E-state index is 11.5. The maximum absolute atomic E-state index is 11.5. The molecule has 3 N–H and O–H groups in total. The van der Waals surface area contributed by atoms with Gasteiger partial charge in [0.1, 0.15) is 0 Å². The molecule has 1 rings (SSSR count). The molecule has 100 valence electrons. The highest BCUT2D eigenvalue weighted by Crippen LogP contribution is 2.07. The van der Waals surface area contributed by atoms with Gasteiger partial charge in [0.25, 0.3) is 0 Å². The minimum Gasteiger partial charge on any atom is -0.392 e. The summed E-state index contributed by atoms with van der Waals surface area (Å²) in [6.45, 7) is 3.28. The summed E-state index contributed by atoms with van der Waals surface area (Å²) in [4.78, 5) is 11.5. The van der Waals surface area contributed by atoms with Crippen LogP contribution in [0.4, 0.5) is 4.79 Å². The summed E-state index contributed by atoms with van der Waals surface area (Å²) >= 11 is 0. The van der Waals surface area contributed by atoms with Crippen molar-refractivity contribution in [1.82, 2.24) is 10.6 Å². The number of aliphatic hydroxyl groups excluding tert-OH is 1. The summed E-state index contributed by atoms with van der Waals surface area (Å²) < 4.78 is 0. The van der Waals surface area contributed by atoms with Gasteiger partial charge in [0.15, 0.2) is 0 Å². The Morgan fingerprint density at radius 1 is 1.17 bits per heavy atom. The van der Waals surface area contributed by atoms with Crippen LogP contribution in [0.2, 0.25) is 0 Å². The Morgan fingerprint density at radius 3 is 2.56 bits per heavy atom. The van der Waals surface area contributed by atoms with Gasteiger partial charge in [0, 0.05) is 13.1 Å². The van der Waals surface area contributed by atoms with Gasteiger partial charge in [-0.05, 0) is 17.5 Å². The lowest BCUT2D eigenvalue weighted by atomic mass is 10.1. The van der Waals surface area contributed by atoms with Gasteiger partial charge in [-0.25, -0.2) is 4.79 Å². The van der Waals surface area contributed by atoms with Crippen LogP contribution in [-0.2, 0) is 13.2 Å². The topological polar surface area (TPSA) is 61.4 Å². The lowest BCUT2D eigenvalue weighted by Gasteiger charge is -2.10. The van der Waals surface area contributed by atoms with Crippen molar-refractivity contribution >= 4 is 6.03 Å². The molecule has 4 nitrogen and oxygen atoms in total. The Bertz CT molecular complexity index is 367. The summed E-state index contributed by atoms with van der Waals surface area (Å²) in [7, 11) is 0. The van der Waals surface area contributed by atoms with Gasteiger partial charge in [0.2, 0.25) is 0 Å². The number of unbranched alkanes of at least 4 members (excludes halogenated alkanes) is 2. The predicted molar refractivity (Wildman–Crippen MR) is 72.1 cm³/mol. The molecule has 0 aliphatic rings. The molecule has 0 aliphatic heterocycles. The molecule has 0 atom stereocenters. The Morgan fingerprint density at radius 2 is 1.89 bits per heavy atom. The second-order valence-electron chi connectivity index (χ2n) is 4.24. The van der Waals surface area contributed by atoms with E-state index in [1.54, 1.807) is 0 Å². The van der Waals surface area contributed by atoms with Crippen LogP contribution in [0.1, 0.15) is 37.3 Å². The first-order chi connectivity index (χ1) is 8.77.